The molecule has 0 aliphatic rings. The van der Waals surface area contributed by atoms with Crippen molar-refractivity contribution in [2.45, 2.75) is 18.2 Å². The van der Waals surface area contributed by atoms with Crippen LogP contribution in [0.1, 0.15) is 23.7 Å². The highest BCUT2D eigenvalue weighted by Crippen LogP contribution is 2.22. The third-order valence-electron chi connectivity index (χ3n) is 2.37. The minimum Gasteiger partial charge on any atom is -0.342 e. The molecule has 94 valence electrons. The SMILES string of the molecule is CC(Br)CCN(C)C(=O)c1ccc(Cl)cc1Cl. The molecule has 0 fully saturated rings. The fourth-order valence-corrected chi connectivity index (χ4v) is 2.04. The van der Waals surface area contributed by atoms with E-state index in [4.69, 9.17) is 23.2 Å². The molecule has 1 atom stereocenters. The van der Waals surface area contributed by atoms with E-state index in [0.717, 1.165) is 6.42 Å². The lowest BCUT2D eigenvalue weighted by Crippen LogP contribution is -2.29. The van der Waals surface area contributed by atoms with E-state index in [9.17, 15) is 4.79 Å². The molecule has 0 aliphatic carbocycles. The molecule has 0 aromatic heterocycles. The van der Waals surface area contributed by atoms with Crippen molar-refractivity contribution in [2.75, 3.05) is 13.6 Å². The van der Waals surface area contributed by atoms with Crippen LogP contribution in [0.3, 0.4) is 0 Å². The second kappa shape index (κ2) is 6.62. The van der Waals surface area contributed by atoms with Crippen LogP contribution in [-0.2, 0) is 0 Å². The summed E-state index contributed by atoms with van der Waals surface area (Å²) in [6.07, 6.45) is 0.896. The number of benzene rings is 1. The summed E-state index contributed by atoms with van der Waals surface area (Å²) in [5.41, 5.74) is 0.487. The fourth-order valence-electron chi connectivity index (χ4n) is 1.34. The van der Waals surface area contributed by atoms with Crippen molar-refractivity contribution in [2.24, 2.45) is 0 Å². The molecule has 0 saturated carbocycles. The van der Waals surface area contributed by atoms with Crippen molar-refractivity contribution >= 4 is 45.0 Å². The lowest BCUT2D eigenvalue weighted by molar-refractivity contribution is 0.0794. The number of rotatable bonds is 4. The van der Waals surface area contributed by atoms with Crippen LogP contribution in [-0.4, -0.2) is 29.2 Å². The van der Waals surface area contributed by atoms with Gasteiger partial charge >= 0.3 is 0 Å². The molecule has 17 heavy (non-hydrogen) atoms. The van der Waals surface area contributed by atoms with E-state index in [1.54, 1.807) is 30.1 Å². The van der Waals surface area contributed by atoms with Crippen LogP contribution in [0.4, 0.5) is 0 Å². The Morgan fingerprint density at radius 3 is 2.65 bits per heavy atom. The van der Waals surface area contributed by atoms with Gasteiger partial charge in [0, 0.05) is 23.4 Å². The lowest BCUT2D eigenvalue weighted by atomic mass is 10.2. The maximum Gasteiger partial charge on any atom is 0.255 e. The van der Waals surface area contributed by atoms with E-state index >= 15 is 0 Å². The fraction of sp³-hybridized carbons (Fsp3) is 0.417. The Bertz CT molecular complexity index is 409. The Morgan fingerprint density at radius 2 is 2.12 bits per heavy atom. The van der Waals surface area contributed by atoms with Crippen LogP contribution in [0.5, 0.6) is 0 Å². The van der Waals surface area contributed by atoms with Crippen LogP contribution in [0.25, 0.3) is 0 Å². The van der Waals surface area contributed by atoms with Crippen LogP contribution in [0.2, 0.25) is 10.0 Å². The predicted molar refractivity (Wildman–Crippen MR) is 76.4 cm³/mol. The van der Waals surface area contributed by atoms with Crippen molar-refractivity contribution in [3.63, 3.8) is 0 Å². The summed E-state index contributed by atoms with van der Waals surface area (Å²) < 4.78 is 0. The number of nitrogens with zero attached hydrogens (tertiary/aromatic N) is 1. The molecule has 0 N–H and O–H groups in total. The number of alkyl halides is 1. The highest BCUT2D eigenvalue weighted by atomic mass is 79.9. The molecule has 0 saturated heterocycles. The van der Waals surface area contributed by atoms with Gasteiger partial charge < -0.3 is 4.90 Å². The third-order valence-corrected chi connectivity index (χ3v) is 3.38. The summed E-state index contributed by atoms with van der Waals surface area (Å²) in [4.78, 5) is 14.1. The average Bonchev–Trinajstić information content (AvgIpc) is 2.25. The Balaban J connectivity index is 2.75. The van der Waals surface area contributed by atoms with Crippen LogP contribution >= 0.6 is 39.1 Å². The molecule has 1 amide bonds. The van der Waals surface area contributed by atoms with Gasteiger partial charge in [-0.25, -0.2) is 0 Å². The van der Waals surface area contributed by atoms with E-state index in [2.05, 4.69) is 15.9 Å². The van der Waals surface area contributed by atoms with Gasteiger partial charge in [-0.2, -0.15) is 0 Å². The number of carbonyl (C=O) groups excluding carboxylic acids is 1. The molecule has 1 unspecified atom stereocenters. The normalized spacial score (nSPS) is 12.3. The van der Waals surface area contributed by atoms with Gasteiger partial charge in [0.05, 0.1) is 10.6 Å². The predicted octanol–water partition coefficient (Wildman–Crippen LogP) is 4.24. The summed E-state index contributed by atoms with van der Waals surface area (Å²) in [6, 6.07) is 4.90. The summed E-state index contributed by atoms with van der Waals surface area (Å²) in [5.74, 6) is -0.0835. The van der Waals surface area contributed by atoms with Crippen LogP contribution < -0.4 is 0 Å². The monoisotopic (exact) mass is 337 g/mol. The Kier molecular flexibility index (Phi) is 5.77. The molecule has 5 heteroatoms. The average molecular weight is 339 g/mol. The lowest BCUT2D eigenvalue weighted by Gasteiger charge is -2.18. The number of halogens is 3. The maximum absolute atomic E-state index is 12.1. The zero-order valence-corrected chi connectivity index (χ0v) is 12.8. The Hall–Kier alpha value is -0.250. The third kappa shape index (κ3) is 4.49. The number of carbonyl (C=O) groups is 1. The molecule has 0 aliphatic heterocycles. The number of hydrogen-bond acceptors (Lipinski definition) is 1. The van der Waals surface area contributed by atoms with Crippen molar-refractivity contribution in [3.8, 4) is 0 Å². The van der Waals surface area contributed by atoms with Crippen molar-refractivity contribution in [1.29, 1.82) is 0 Å². The number of hydrogen-bond donors (Lipinski definition) is 0. The zero-order valence-electron chi connectivity index (χ0n) is 9.71. The molecule has 0 bridgehead atoms. The zero-order chi connectivity index (χ0) is 13.0. The molecule has 1 aromatic rings. The minimum atomic E-state index is -0.0835. The van der Waals surface area contributed by atoms with Gasteiger partial charge in [-0.1, -0.05) is 46.1 Å². The molecule has 1 rings (SSSR count). The van der Waals surface area contributed by atoms with Crippen LogP contribution in [0.15, 0.2) is 18.2 Å². The Labute approximate surface area is 120 Å². The van der Waals surface area contributed by atoms with Gasteiger partial charge in [0.25, 0.3) is 5.91 Å². The standard InChI is InChI=1S/C12H14BrCl2NO/c1-8(13)5-6-16(2)12(17)10-4-3-9(14)7-11(10)15/h3-4,7-8H,5-6H2,1-2H3. The van der Waals surface area contributed by atoms with Gasteiger partial charge in [0.1, 0.15) is 0 Å². The molecular formula is C12H14BrCl2NO. The summed E-state index contributed by atoms with van der Waals surface area (Å²) >= 11 is 15.2. The van der Waals surface area contributed by atoms with Gasteiger partial charge in [-0.3, -0.25) is 4.79 Å². The second-order valence-electron chi connectivity index (χ2n) is 3.92. The minimum absolute atomic E-state index is 0.0835. The highest BCUT2D eigenvalue weighted by Gasteiger charge is 2.15. The van der Waals surface area contributed by atoms with Gasteiger partial charge in [0.2, 0.25) is 0 Å². The van der Waals surface area contributed by atoms with Crippen LogP contribution in [0, 0.1) is 0 Å². The smallest absolute Gasteiger partial charge is 0.255 e. The Morgan fingerprint density at radius 1 is 1.47 bits per heavy atom. The first-order chi connectivity index (χ1) is 7.91. The largest absolute Gasteiger partial charge is 0.342 e. The molecule has 0 radical (unpaired) electrons. The van der Waals surface area contributed by atoms with E-state index in [-0.39, 0.29) is 5.91 Å². The summed E-state index contributed by atoms with van der Waals surface area (Å²) in [6.45, 7) is 2.73. The first-order valence-corrected chi connectivity index (χ1v) is 6.93. The summed E-state index contributed by atoms with van der Waals surface area (Å²) in [5, 5.41) is 0.921. The molecule has 1 aromatic carbocycles. The van der Waals surface area contributed by atoms with Crippen molar-refractivity contribution in [1.82, 2.24) is 4.90 Å². The van der Waals surface area contributed by atoms with Crippen molar-refractivity contribution in [3.05, 3.63) is 33.8 Å². The van der Waals surface area contributed by atoms with Gasteiger partial charge in [0.15, 0.2) is 0 Å². The van der Waals surface area contributed by atoms with E-state index < -0.39 is 0 Å². The van der Waals surface area contributed by atoms with E-state index in [1.807, 2.05) is 6.92 Å². The van der Waals surface area contributed by atoms with Gasteiger partial charge in [-0.15, -0.1) is 0 Å². The first kappa shape index (κ1) is 14.8. The quantitative estimate of drug-likeness (QED) is 0.752. The molecule has 0 spiro atoms. The number of amides is 1. The first-order valence-electron chi connectivity index (χ1n) is 5.26. The van der Waals surface area contributed by atoms with Gasteiger partial charge in [-0.05, 0) is 24.6 Å². The van der Waals surface area contributed by atoms with Crippen molar-refractivity contribution < 1.29 is 4.79 Å². The topological polar surface area (TPSA) is 20.3 Å². The molecular weight excluding hydrogens is 325 g/mol. The molecule has 2 nitrogen and oxygen atoms in total. The second-order valence-corrected chi connectivity index (χ2v) is 6.33. The van der Waals surface area contributed by atoms with E-state index in [0.29, 0.717) is 27.0 Å². The highest BCUT2D eigenvalue weighted by molar-refractivity contribution is 9.09. The molecule has 0 heterocycles. The maximum atomic E-state index is 12.1. The van der Waals surface area contributed by atoms with E-state index in [1.165, 1.54) is 0 Å². The summed E-state index contributed by atoms with van der Waals surface area (Å²) in [7, 11) is 1.77.